The molecule has 0 radical (unpaired) electrons. The van der Waals surface area contributed by atoms with E-state index in [1.807, 2.05) is 0 Å². The molecule has 6 aliphatic rings. The number of aliphatic hydroxyl groups is 1. The summed E-state index contributed by atoms with van der Waals surface area (Å²) in [6.45, 7) is 11.7. The van der Waals surface area contributed by atoms with Crippen molar-refractivity contribution in [2.45, 2.75) is 129 Å². The van der Waals surface area contributed by atoms with Gasteiger partial charge in [0.2, 0.25) is 0 Å². The number of fused-ring (bicyclic) bond motifs is 5. The Morgan fingerprint density at radius 1 is 0.789 bits per heavy atom. The summed E-state index contributed by atoms with van der Waals surface area (Å²) in [7, 11) is 4.94. The van der Waals surface area contributed by atoms with Crippen molar-refractivity contribution in [1.29, 1.82) is 0 Å². The molecule has 2 heterocycles. The van der Waals surface area contributed by atoms with Crippen LogP contribution in [0.3, 0.4) is 0 Å². The number of nitrogens with zero attached hydrogens (tertiary/aromatic N) is 2. The lowest BCUT2D eigenvalue weighted by Gasteiger charge is -2.63. The van der Waals surface area contributed by atoms with Crippen molar-refractivity contribution in [3.05, 3.63) is 0 Å². The van der Waals surface area contributed by atoms with Gasteiger partial charge >= 0.3 is 5.97 Å². The summed E-state index contributed by atoms with van der Waals surface area (Å²) in [6, 6.07) is 0.868. The van der Waals surface area contributed by atoms with Gasteiger partial charge < -0.3 is 18.8 Å². The highest BCUT2D eigenvalue weighted by Crippen LogP contribution is 2.67. The number of carbonyl (C=O) groups excluding carboxylic acids is 1. The number of likely N-dealkylation sites (tertiary alicyclic amines) is 2. The molecular formula is C33H58N2O3+2. The number of likely N-dealkylation sites (N-methyl/N-ethyl adjacent to an activating group) is 2. The summed E-state index contributed by atoms with van der Waals surface area (Å²) in [6.07, 6.45) is 16.5. The first-order chi connectivity index (χ1) is 18.0. The first-order valence-electron chi connectivity index (χ1n) is 16.5. The highest BCUT2D eigenvalue weighted by atomic mass is 16.5. The molecule has 2 aliphatic heterocycles. The molecule has 5 heteroatoms. The van der Waals surface area contributed by atoms with Gasteiger partial charge in [0.25, 0.3) is 0 Å². The third-order valence-corrected chi connectivity index (χ3v) is 14.2. The number of hydrogen-bond donors (Lipinski definition) is 1. The van der Waals surface area contributed by atoms with Crippen LogP contribution in [-0.2, 0) is 9.53 Å². The van der Waals surface area contributed by atoms with E-state index in [-0.39, 0.29) is 23.6 Å². The van der Waals surface area contributed by atoms with E-state index < -0.39 is 0 Å². The molecular weight excluding hydrogens is 472 g/mol. The smallest absolute Gasteiger partial charge is 0.303 e. The van der Waals surface area contributed by atoms with Gasteiger partial charge in [-0.3, -0.25) is 4.79 Å². The van der Waals surface area contributed by atoms with Gasteiger partial charge in [-0.15, -0.1) is 0 Å². The molecule has 38 heavy (non-hydrogen) atoms. The van der Waals surface area contributed by atoms with Crippen molar-refractivity contribution in [3.63, 3.8) is 0 Å². The van der Waals surface area contributed by atoms with Crippen LogP contribution in [0.25, 0.3) is 0 Å². The lowest BCUT2D eigenvalue weighted by Crippen LogP contribution is -2.66. The van der Waals surface area contributed by atoms with Crippen molar-refractivity contribution >= 4 is 5.97 Å². The molecule has 0 aromatic heterocycles. The molecule has 0 amide bonds. The van der Waals surface area contributed by atoms with Gasteiger partial charge in [-0.1, -0.05) is 13.8 Å². The summed E-state index contributed by atoms with van der Waals surface area (Å²) < 4.78 is 8.38. The second-order valence-electron chi connectivity index (χ2n) is 16.1. The normalized spacial score (nSPS) is 49.8. The average molecular weight is 531 g/mol. The minimum absolute atomic E-state index is 0.0836. The second-order valence-corrected chi connectivity index (χ2v) is 16.1. The van der Waals surface area contributed by atoms with E-state index >= 15 is 0 Å². The van der Waals surface area contributed by atoms with Crippen LogP contribution in [0.15, 0.2) is 0 Å². The van der Waals surface area contributed by atoms with E-state index in [1.165, 1.54) is 103 Å². The minimum Gasteiger partial charge on any atom is -0.456 e. The molecule has 0 aromatic carbocycles. The Balaban J connectivity index is 1.28. The van der Waals surface area contributed by atoms with E-state index in [0.29, 0.717) is 29.3 Å². The summed E-state index contributed by atoms with van der Waals surface area (Å²) in [5.74, 6) is 2.76. The molecule has 0 unspecified atom stereocenters. The maximum Gasteiger partial charge on any atom is 0.303 e. The summed E-state index contributed by atoms with van der Waals surface area (Å²) >= 11 is 0. The molecule has 216 valence electrons. The SMILES string of the molecule is CC(=O)O[C@H]1C[C@@H]2CC[C@@H]3[C@H](CC[C@]4(C)[C@@H](O)[C@@H]([N+]5(C)CCCCC5)C[C@@H]34)[C@@]2(C)C[C@@H]1[N+]1(C)CCCCC1. The number of hydrogen-bond acceptors (Lipinski definition) is 3. The number of carbonyl (C=O) groups is 1. The van der Waals surface area contributed by atoms with Crippen LogP contribution in [0, 0.1) is 34.5 Å². The zero-order chi connectivity index (χ0) is 26.9. The third-order valence-electron chi connectivity index (χ3n) is 14.2. The van der Waals surface area contributed by atoms with Gasteiger partial charge in [-0.2, -0.15) is 0 Å². The fraction of sp³-hybridized carbons (Fsp3) is 0.970. The van der Waals surface area contributed by atoms with Gasteiger partial charge in [-0.05, 0) is 99.7 Å². The average Bonchev–Trinajstić information content (AvgIpc) is 3.16. The van der Waals surface area contributed by atoms with Crippen LogP contribution in [-0.4, -0.2) is 84.6 Å². The minimum atomic E-state index is -0.146. The van der Waals surface area contributed by atoms with E-state index in [2.05, 4.69) is 27.9 Å². The fourth-order valence-electron chi connectivity index (χ4n) is 11.9. The van der Waals surface area contributed by atoms with Gasteiger partial charge in [-0.25, -0.2) is 0 Å². The molecule has 4 aliphatic carbocycles. The molecule has 2 saturated heterocycles. The van der Waals surface area contributed by atoms with Crippen LogP contribution < -0.4 is 0 Å². The summed E-state index contributed by atoms with van der Waals surface area (Å²) in [4.78, 5) is 12.2. The first kappa shape index (κ1) is 27.5. The molecule has 6 fully saturated rings. The van der Waals surface area contributed by atoms with Gasteiger partial charge in [0, 0.05) is 25.2 Å². The van der Waals surface area contributed by atoms with Crippen LogP contribution >= 0.6 is 0 Å². The molecule has 6 rings (SSSR count). The predicted molar refractivity (Wildman–Crippen MR) is 151 cm³/mol. The summed E-state index contributed by atoms with van der Waals surface area (Å²) in [5, 5.41) is 11.9. The van der Waals surface area contributed by atoms with Gasteiger partial charge in [0.15, 0.2) is 6.10 Å². The van der Waals surface area contributed by atoms with Crippen molar-refractivity contribution in [2.24, 2.45) is 34.5 Å². The number of piperidine rings is 2. The fourth-order valence-corrected chi connectivity index (χ4v) is 11.9. The topological polar surface area (TPSA) is 46.5 Å². The van der Waals surface area contributed by atoms with Gasteiger partial charge in [0.1, 0.15) is 18.2 Å². The van der Waals surface area contributed by atoms with Crippen molar-refractivity contribution < 1.29 is 23.6 Å². The van der Waals surface area contributed by atoms with Crippen molar-refractivity contribution in [3.8, 4) is 0 Å². The molecule has 0 aromatic rings. The van der Waals surface area contributed by atoms with Crippen LogP contribution in [0.1, 0.15) is 104 Å². The maximum absolute atomic E-state index is 12.2. The van der Waals surface area contributed by atoms with E-state index in [4.69, 9.17) is 4.74 Å². The predicted octanol–water partition coefficient (Wildman–Crippen LogP) is 5.54. The highest BCUT2D eigenvalue weighted by molar-refractivity contribution is 5.66. The Labute approximate surface area is 232 Å². The monoisotopic (exact) mass is 530 g/mol. The van der Waals surface area contributed by atoms with E-state index in [0.717, 1.165) is 27.2 Å². The Morgan fingerprint density at radius 2 is 1.39 bits per heavy atom. The van der Waals surface area contributed by atoms with Crippen LogP contribution in [0.2, 0.25) is 0 Å². The van der Waals surface area contributed by atoms with Gasteiger partial charge in [0.05, 0.1) is 40.3 Å². The van der Waals surface area contributed by atoms with E-state index in [1.54, 1.807) is 6.92 Å². The Kier molecular flexibility index (Phi) is 7.04. The molecule has 10 atom stereocenters. The van der Waals surface area contributed by atoms with Crippen LogP contribution in [0.4, 0.5) is 0 Å². The number of esters is 1. The molecule has 4 saturated carbocycles. The number of rotatable bonds is 3. The number of quaternary nitrogens is 2. The van der Waals surface area contributed by atoms with Crippen molar-refractivity contribution in [1.82, 2.24) is 0 Å². The second kappa shape index (κ2) is 9.72. The maximum atomic E-state index is 12.2. The quantitative estimate of drug-likeness (QED) is 0.385. The lowest BCUT2D eigenvalue weighted by atomic mass is 9.44. The van der Waals surface area contributed by atoms with Crippen LogP contribution in [0.5, 0.6) is 0 Å². The number of aliphatic hydroxyl groups excluding tert-OH is 1. The highest BCUT2D eigenvalue weighted by Gasteiger charge is 2.66. The first-order valence-corrected chi connectivity index (χ1v) is 16.5. The standard InChI is InChI=1S/C33H58N2O3/c1-23(36)38-30-20-24-12-13-25-26(33(24,3)22-29(30)35(5)18-10-7-11-19-35)14-15-32(2)27(25)21-28(31(32)37)34(4)16-8-6-9-17-34/h24-31,37H,6-22H2,1-5H3/q+2/t24-,25+,26-,27-,28-,29-,30-,31-,32-,33-/m0/s1. The summed E-state index contributed by atoms with van der Waals surface area (Å²) in [5.41, 5.74) is 0.421. The Hall–Kier alpha value is -0.650. The Morgan fingerprint density at radius 3 is 2.00 bits per heavy atom. The zero-order valence-electron chi connectivity index (χ0n) is 25.3. The number of ether oxygens (including phenoxy) is 1. The Bertz CT molecular complexity index is 895. The third kappa shape index (κ3) is 4.23. The molecule has 0 bridgehead atoms. The molecule has 0 spiro atoms. The van der Waals surface area contributed by atoms with E-state index in [9.17, 15) is 9.90 Å². The lowest BCUT2D eigenvalue weighted by molar-refractivity contribution is -0.943. The zero-order valence-corrected chi connectivity index (χ0v) is 25.3. The van der Waals surface area contributed by atoms with Crippen molar-refractivity contribution in [2.75, 3.05) is 40.3 Å². The molecule has 5 nitrogen and oxygen atoms in total. The largest absolute Gasteiger partial charge is 0.456 e. The molecule has 1 N–H and O–H groups in total.